The van der Waals surface area contributed by atoms with Gasteiger partial charge in [-0.15, -0.1) is 0 Å². The van der Waals surface area contributed by atoms with E-state index in [0.717, 1.165) is 84.5 Å². The molecule has 2 N–H and O–H groups in total. The molecule has 0 spiro atoms. The van der Waals surface area contributed by atoms with Gasteiger partial charge in [-0.1, -0.05) is 29.3 Å². The maximum absolute atomic E-state index is 13.1. The van der Waals surface area contributed by atoms with Gasteiger partial charge in [0.1, 0.15) is 0 Å². The minimum atomic E-state index is -0.147. The summed E-state index contributed by atoms with van der Waals surface area (Å²) in [7, 11) is 0. The first-order valence-corrected chi connectivity index (χ1v) is 12.8. The quantitative estimate of drug-likeness (QED) is 0.257. The first kappa shape index (κ1) is 24.2. The van der Waals surface area contributed by atoms with Crippen LogP contribution in [-0.2, 0) is 4.74 Å². The van der Waals surface area contributed by atoms with Crippen LogP contribution in [0.15, 0.2) is 59.5 Å². The van der Waals surface area contributed by atoms with Crippen molar-refractivity contribution < 1.29 is 9.53 Å². The summed E-state index contributed by atoms with van der Waals surface area (Å²) in [6, 6.07) is 15.9. The van der Waals surface area contributed by atoms with Gasteiger partial charge in [-0.2, -0.15) is 0 Å². The van der Waals surface area contributed by atoms with E-state index >= 15 is 0 Å². The predicted molar refractivity (Wildman–Crippen MR) is 145 cm³/mol. The number of hydrogen-bond donors (Lipinski definition) is 2. The van der Waals surface area contributed by atoms with Gasteiger partial charge in [0, 0.05) is 47.7 Å². The molecule has 0 saturated carbocycles. The number of rotatable bonds is 8. The normalized spacial score (nSPS) is 14.4. The number of nitrogens with zero attached hydrogens (tertiary/aromatic N) is 1. The molecule has 0 aliphatic carbocycles. The number of pyridine rings is 1. The Bertz CT molecular complexity index is 1420. The Kier molecular flexibility index (Phi) is 7.16. The molecule has 0 radical (unpaired) electrons. The molecule has 1 fully saturated rings. The van der Waals surface area contributed by atoms with Gasteiger partial charge in [0.15, 0.2) is 5.78 Å². The third kappa shape index (κ3) is 5.20. The van der Waals surface area contributed by atoms with Crippen LogP contribution in [0.2, 0.25) is 0 Å². The number of carbonyl (C=O) groups excluding carboxylic acids is 1. The summed E-state index contributed by atoms with van der Waals surface area (Å²) in [6.45, 7) is 8.72. The number of carbonyl (C=O) groups is 1. The zero-order valence-electron chi connectivity index (χ0n) is 21.0. The minimum Gasteiger partial charge on any atom is -0.379 e. The second kappa shape index (κ2) is 10.6. The van der Waals surface area contributed by atoms with Gasteiger partial charge in [0.05, 0.1) is 24.5 Å². The van der Waals surface area contributed by atoms with Crippen LogP contribution in [0.5, 0.6) is 0 Å². The third-order valence-electron chi connectivity index (χ3n) is 6.95. The van der Waals surface area contributed by atoms with Crippen LogP contribution in [0.1, 0.15) is 40.7 Å². The smallest absolute Gasteiger partial charge is 0.257 e. The van der Waals surface area contributed by atoms with Gasteiger partial charge in [-0.05, 0) is 69.1 Å². The highest BCUT2D eigenvalue weighted by Gasteiger charge is 2.19. The predicted octanol–water partition coefficient (Wildman–Crippen LogP) is 5.49. The lowest BCUT2D eigenvalue weighted by Crippen LogP contribution is -2.36. The fraction of sp³-hybridized carbons (Fsp3) is 0.333. The molecular weight excluding hydrogens is 450 g/mol. The van der Waals surface area contributed by atoms with Crippen molar-refractivity contribution >= 4 is 16.7 Å². The summed E-state index contributed by atoms with van der Waals surface area (Å²) < 4.78 is 5.41. The molecule has 6 nitrogen and oxygen atoms in total. The molecule has 6 heteroatoms. The fourth-order valence-corrected chi connectivity index (χ4v) is 5.19. The first-order valence-electron chi connectivity index (χ1n) is 12.8. The van der Waals surface area contributed by atoms with Crippen LogP contribution in [0.4, 0.5) is 0 Å². The molecule has 1 aliphatic rings. The number of unbranched alkanes of at least 4 members (excludes halogenated alkanes) is 1. The van der Waals surface area contributed by atoms with Crippen LogP contribution >= 0.6 is 0 Å². The van der Waals surface area contributed by atoms with Gasteiger partial charge < -0.3 is 14.7 Å². The van der Waals surface area contributed by atoms with Crippen LogP contribution in [0.25, 0.3) is 33.3 Å². The van der Waals surface area contributed by atoms with Crippen molar-refractivity contribution in [2.45, 2.75) is 33.1 Å². The van der Waals surface area contributed by atoms with Crippen molar-refractivity contribution in [2.24, 2.45) is 0 Å². The molecule has 5 rings (SSSR count). The zero-order chi connectivity index (χ0) is 25.1. The summed E-state index contributed by atoms with van der Waals surface area (Å²) in [5, 5.41) is 0.956. The van der Waals surface area contributed by atoms with Crippen molar-refractivity contribution in [3.05, 3.63) is 81.8 Å². The van der Waals surface area contributed by atoms with Gasteiger partial charge in [0.2, 0.25) is 0 Å². The van der Waals surface area contributed by atoms with Crippen molar-refractivity contribution in [3.63, 3.8) is 0 Å². The van der Waals surface area contributed by atoms with Crippen molar-refractivity contribution in [3.8, 4) is 22.4 Å². The third-order valence-corrected chi connectivity index (χ3v) is 6.95. The lowest BCUT2D eigenvalue weighted by molar-refractivity contribution is 0.0371. The number of ketones is 1. The Morgan fingerprint density at radius 3 is 2.53 bits per heavy atom. The van der Waals surface area contributed by atoms with Crippen LogP contribution < -0.4 is 5.56 Å². The van der Waals surface area contributed by atoms with E-state index in [9.17, 15) is 9.59 Å². The first-order chi connectivity index (χ1) is 17.5. The average Bonchev–Trinajstić information content (AvgIpc) is 3.25. The number of Topliss-reactive ketones (excluding diaryl/α,β-unsaturated/α-hetero) is 1. The second-order valence-electron chi connectivity index (χ2n) is 9.76. The largest absolute Gasteiger partial charge is 0.379 e. The molecule has 0 atom stereocenters. The lowest BCUT2D eigenvalue weighted by atomic mass is 9.94. The Balaban J connectivity index is 1.47. The summed E-state index contributed by atoms with van der Waals surface area (Å²) >= 11 is 0. The zero-order valence-corrected chi connectivity index (χ0v) is 21.0. The Morgan fingerprint density at radius 2 is 1.78 bits per heavy atom. The number of nitrogens with one attached hydrogen (secondary N) is 2. The van der Waals surface area contributed by atoms with E-state index in [1.54, 1.807) is 6.20 Å². The van der Waals surface area contributed by atoms with Gasteiger partial charge in [-0.3, -0.25) is 14.5 Å². The standard InChI is InChI=1S/C30H33N3O3/c1-20-16-21(2)18-23(17-20)28-25-19-22(27(34)7-3-4-11-33-12-14-36-15-13-33)8-9-26(25)32-29(28)24-6-5-10-31-30(24)35/h5-6,8-10,16-19,32H,3-4,7,11-15H2,1-2H3,(H,31,35). The number of morpholine rings is 1. The summed E-state index contributed by atoms with van der Waals surface area (Å²) in [6.07, 6.45) is 4.05. The van der Waals surface area contributed by atoms with Crippen molar-refractivity contribution in [1.29, 1.82) is 0 Å². The summed E-state index contributed by atoms with van der Waals surface area (Å²) in [4.78, 5) is 34.5. The van der Waals surface area contributed by atoms with Crippen LogP contribution in [-0.4, -0.2) is 53.5 Å². The van der Waals surface area contributed by atoms with Gasteiger partial charge in [0.25, 0.3) is 5.56 Å². The molecule has 4 aromatic rings. The van der Waals surface area contributed by atoms with Crippen LogP contribution in [0, 0.1) is 13.8 Å². The lowest BCUT2D eigenvalue weighted by Gasteiger charge is -2.26. The summed E-state index contributed by atoms with van der Waals surface area (Å²) in [5.74, 6) is 0.158. The van der Waals surface area contributed by atoms with E-state index in [1.165, 1.54) is 0 Å². The van der Waals surface area contributed by atoms with E-state index in [2.05, 4.69) is 46.9 Å². The monoisotopic (exact) mass is 483 g/mol. The van der Waals surface area contributed by atoms with Gasteiger partial charge in [-0.25, -0.2) is 0 Å². The SMILES string of the molecule is Cc1cc(C)cc(-c2c(-c3ccc[nH]c3=O)[nH]c3ccc(C(=O)CCCCN4CCOCC4)cc23)c1. The maximum atomic E-state index is 13.1. The Labute approximate surface area is 211 Å². The number of aromatic nitrogens is 2. The Morgan fingerprint density at radius 1 is 1.00 bits per heavy atom. The van der Waals surface area contributed by atoms with E-state index in [0.29, 0.717) is 17.5 Å². The Hall–Kier alpha value is -3.48. The molecule has 0 unspecified atom stereocenters. The minimum absolute atomic E-state index is 0.147. The van der Waals surface area contributed by atoms with Crippen molar-refractivity contribution in [1.82, 2.24) is 14.9 Å². The van der Waals surface area contributed by atoms with E-state index < -0.39 is 0 Å². The summed E-state index contributed by atoms with van der Waals surface area (Å²) in [5.41, 5.74) is 7.12. The van der Waals surface area contributed by atoms with E-state index in [4.69, 9.17) is 4.74 Å². The topological polar surface area (TPSA) is 78.2 Å². The molecule has 2 aromatic carbocycles. The number of H-pyrrole nitrogens is 2. The number of aryl methyl sites for hydroxylation is 2. The van der Waals surface area contributed by atoms with E-state index in [1.807, 2.05) is 30.3 Å². The number of aromatic amines is 2. The fourth-order valence-electron chi connectivity index (χ4n) is 5.19. The molecule has 36 heavy (non-hydrogen) atoms. The molecule has 0 amide bonds. The van der Waals surface area contributed by atoms with E-state index in [-0.39, 0.29) is 11.3 Å². The molecule has 1 aliphatic heterocycles. The highest BCUT2D eigenvalue weighted by molar-refractivity contribution is 6.07. The highest BCUT2D eigenvalue weighted by Crippen LogP contribution is 2.38. The van der Waals surface area contributed by atoms with Gasteiger partial charge >= 0.3 is 0 Å². The molecule has 3 heterocycles. The molecule has 2 aromatic heterocycles. The molecule has 0 bridgehead atoms. The van der Waals surface area contributed by atoms with Crippen molar-refractivity contribution in [2.75, 3.05) is 32.8 Å². The average molecular weight is 484 g/mol. The molecule has 1 saturated heterocycles. The van der Waals surface area contributed by atoms with Crippen LogP contribution in [0.3, 0.4) is 0 Å². The number of benzene rings is 2. The highest BCUT2D eigenvalue weighted by atomic mass is 16.5. The second-order valence-corrected chi connectivity index (χ2v) is 9.76. The number of ether oxygens (including phenoxy) is 1. The number of hydrogen-bond acceptors (Lipinski definition) is 4. The molecular formula is C30H33N3O3. The molecule has 186 valence electrons. The maximum Gasteiger partial charge on any atom is 0.257 e. The number of fused-ring (bicyclic) bond motifs is 1.